The molecule has 1 unspecified atom stereocenters. The van der Waals surface area contributed by atoms with Gasteiger partial charge >= 0.3 is 0 Å². The fraction of sp³-hybridized carbons (Fsp3) is 0.500. The van der Waals surface area contributed by atoms with E-state index in [1.165, 1.54) is 6.07 Å². The third-order valence-electron chi connectivity index (χ3n) is 3.72. The lowest BCUT2D eigenvalue weighted by Crippen LogP contribution is -2.28. The van der Waals surface area contributed by atoms with Gasteiger partial charge in [-0.15, -0.1) is 11.6 Å². The molecule has 2 aliphatic heterocycles. The van der Waals surface area contributed by atoms with Crippen LogP contribution >= 0.6 is 23.2 Å². The molecular formula is C12H12Cl2FN. The summed E-state index contributed by atoms with van der Waals surface area (Å²) >= 11 is 12.1. The molecule has 2 saturated heterocycles. The molecule has 86 valence electrons. The number of hydrogen-bond acceptors (Lipinski definition) is 1. The molecule has 1 nitrogen and oxygen atoms in total. The molecule has 2 aliphatic rings. The summed E-state index contributed by atoms with van der Waals surface area (Å²) in [6.07, 6.45) is 0.957. The highest BCUT2D eigenvalue weighted by atomic mass is 35.5. The van der Waals surface area contributed by atoms with Crippen molar-refractivity contribution in [2.45, 2.75) is 17.8 Å². The zero-order chi connectivity index (χ0) is 11.3. The van der Waals surface area contributed by atoms with Gasteiger partial charge in [0.15, 0.2) is 0 Å². The highest BCUT2D eigenvalue weighted by Gasteiger charge is 2.44. The molecule has 1 aromatic rings. The van der Waals surface area contributed by atoms with Gasteiger partial charge in [-0.05, 0) is 36.1 Å². The predicted octanol–water partition coefficient (Wildman–Crippen LogP) is 3.46. The summed E-state index contributed by atoms with van der Waals surface area (Å²) in [5, 5.41) is 0.608. The van der Waals surface area contributed by atoms with Crippen molar-refractivity contribution >= 4 is 23.2 Å². The van der Waals surface area contributed by atoms with E-state index in [-0.39, 0.29) is 17.2 Å². The summed E-state index contributed by atoms with van der Waals surface area (Å²) in [6.45, 7) is 1.85. The van der Waals surface area contributed by atoms with Crippen molar-refractivity contribution in [3.63, 3.8) is 0 Å². The van der Waals surface area contributed by atoms with Crippen LogP contribution in [0.4, 0.5) is 4.39 Å². The third kappa shape index (κ3) is 1.64. The molecule has 3 rings (SSSR count). The number of hydrogen-bond donors (Lipinski definition) is 0. The van der Waals surface area contributed by atoms with E-state index in [1.807, 2.05) is 0 Å². The van der Waals surface area contributed by atoms with E-state index in [0.29, 0.717) is 10.9 Å². The summed E-state index contributed by atoms with van der Waals surface area (Å²) in [4.78, 5) is 2.22. The van der Waals surface area contributed by atoms with E-state index < -0.39 is 0 Å². The maximum atomic E-state index is 13.7. The van der Waals surface area contributed by atoms with Gasteiger partial charge in [0.1, 0.15) is 5.82 Å². The van der Waals surface area contributed by atoms with E-state index in [1.54, 1.807) is 12.1 Å². The number of halogens is 3. The normalized spacial score (nSPS) is 36.9. The first-order chi connectivity index (χ1) is 7.65. The number of piperidine rings is 1. The smallest absolute Gasteiger partial charge is 0.126 e. The maximum absolute atomic E-state index is 13.7. The molecule has 1 aromatic carbocycles. The quantitative estimate of drug-likeness (QED) is 0.552. The van der Waals surface area contributed by atoms with E-state index >= 15 is 0 Å². The van der Waals surface area contributed by atoms with Crippen LogP contribution in [0.5, 0.6) is 0 Å². The fourth-order valence-electron chi connectivity index (χ4n) is 2.92. The average molecular weight is 260 g/mol. The summed E-state index contributed by atoms with van der Waals surface area (Å²) in [5.41, 5.74) is 0.895. The Bertz CT molecular complexity index is 421. The monoisotopic (exact) mass is 259 g/mol. The van der Waals surface area contributed by atoms with Crippen molar-refractivity contribution in [2.75, 3.05) is 13.1 Å². The molecule has 2 heterocycles. The lowest BCUT2D eigenvalue weighted by Gasteiger charge is -2.26. The molecule has 0 radical (unpaired) electrons. The summed E-state index contributed by atoms with van der Waals surface area (Å²) in [6, 6.07) is 4.81. The Kier molecular flexibility index (Phi) is 2.61. The third-order valence-corrected chi connectivity index (χ3v) is 4.41. The SMILES string of the molecule is Fc1ccc(Cl)cc1[C@@H]1CN2C[C@@H]1C[C@@H]2Cl. The molecular weight excluding hydrogens is 248 g/mol. The second-order valence-electron chi connectivity index (χ2n) is 4.66. The van der Waals surface area contributed by atoms with Gasteiger partial charge < -0.3 is 0 Å². The Morgan fingerprint density at radius 1 is 1.31 bits per heavy atom. The van der Waals surface area contributed by atoms with E-state index in [9.17, 15) is 4.39 Å². The predicted molar refractivity (Wildman–Crippen MR) is 63.5 cm³/mol. The number of nitrogens with zero attached hydrogens (tertiary/aromatic N) is 1. The van der Waals surface area contributed by atoms with Crippen LogP contribution in [0.15, 0.2) is 18.2 Å². The van der Waals surface area contributed by atoms with Gasteiger partial charge in [-0.1, -0.05) is 11.6 Å². The van der Waals surface area contributed by atoms with Crippen molar-refractivity contribution in [1.82, 2.24) is 4.90 Å². The Morgan fingerprint density at radius 3 is 2.75 bits per heavy atom. The number of fused-ring (bicyclic) bond motifs is 2. The zero-order valence-corrected chi connectivity index (χ0v) is 10.2. The molecule has 2 bridgehead atoms. The van der Waals surface area contributed by atoms with Crippen LogP contribution in [0, 0.1) is 11.7 Å². The van der Waals surface area contributed by atoms with Crippen LogP contribution in [0.1, 0.15) is 17.9 Å². The molecule has 0 amide bonds. The van der Waals surface area contributed by atoms with Crippen molar-refractivity contribution in [1.29, 1.82) is 0 Å². The topological polar surface area (TPSA) is 3.24 Å². The minimum Gasteiger partial charge on any atom is -0.287 e. The lowest BCUT2D eigenvalue weighted by atomic mass is 9.86. The van der Waals surface area contributed by atoms with Gasteiger partial charge in [0.25, 0.3) is 0 Å². The Morgan fingerprint density at radius 2 is 2.12 bits per heavy atom. The van der Waals surface area contributed by atoms with E-state index in [2.05, 4.69) is 4.90 Å². The second kappa shape index (κ2) is 3.86. The standard InChI is InChI=1S/C12H12Cl2FN/c13-8-1-2-11(15)9(4-8)10-6-16-5-7(10)3-12(16)14/h1-2,4,7,10,12H,3,5-6H2/t7-,10+,12+/m0/s1. The van der Waals surface area contributed by atoms with Crippen molar-refractivity contribution < 1.29 is 4.39 Å². The van der Waals surface area contributed by atoms with Crippen LogP contribution in [0.2, 0.25) is 5.02 Å². The zero-order valence-electron chi connectivity index (χ0n) is 8.67. The minimum absolute atomic E-state index is 0.142. The first kappa shape index (κ1) is 10.8. The van der Waals surface area contributed by atoms with Gasteiger partial charge in [0.2, 0.25) is 0 Å². The first-order valence-electron chi connectivity index (χ1n) is 5.48. The Hall–Kier alpha value is -0.310. The number of alkyl halides is 1. The van der Waals surface area contributed by atoms with Crippen LogP contribution in [0.3, 0.4) is 0 Å². The fourth-order valence-corrected chi connectivity index (χ4v) is 3.49. The molecule has 0 aliphatic carbocycles. The summed E-state index contributed by atoms with van der Waals surface area (Å²) in [7, 11) is 0. The highest BCUT2D eigenvalue weighted by molar-refractivity contribution is 6.30. The van der Waals surface area contributed by atoms with Crippen molar-refractivity contribution in [3.05, 3.63) is 34.6 Å². The Labute approximate surface area is 104 Å². The second-order valence-corrected chi connectivity index (χ2v) is 5.60. The van der Waals surface area contributed by atoms with Crippen molar-refractivity contribution in [3.8, 4) is 0 Å². The first-order valence-corrected chi connectivity index (χ1v) is 6.29. The van der Waals surface area contributed by atoms with Gasteiger partial charge in [-0.25, -0.2) is 4.39 Å². The van der Waals surface area contributed by atoms with Gasteiger partial charge in [-0.2, -0.15) is 0 Å². The van der Waals surface area contributed by atoms with Gasteiger partial charge in [-0.3, -0.25) is 4.90 Å². The summed E-state index contributed by atoms with van der Waals surface area (Å²) < 4.78 is 13.7. The van der Waals surface area contributed by atoms with E-state index in [0.717, 1.165) is 25.1 Å². The highest BCUT2D eigenvalue weighted by Crippen LogP contribution is 2.44. The summed E-state index contributed by atoms with van der Waals surface area (Å²) in [5.74, 6) is 0.596. The van der Waals surface area contributed by atoms with Gasteiger partial charge in [0, 0.05) is 24.0 Å². The molecule has 0 N–H and O–H groups in total. The average Bonchev–Trinajstić information content (AvgIpc) is 2.80. The molecule has 2 fully saturated rings. The van der Waals surface area contributed by atoms with Crippen LogP contribution in [-0.2, 0) is 0 Å². The van der Waals surface area contributed by atoms with E-state index in [4.69, 9.17) is 23.2 Å². The molecule has 0 saturated carbocycles. The molecule has 16 heavy (non-hydrogen) atoms. The van der Waals surface area contributed by atoms with Gasteiger partial charge in [0.05, 0.1) is 5.50 Å². The minimum atomic E-state index is -0.144. The molecule has 4 heteroatoms. The van der Waals surface area contributed by atoms with Crippen molar-refractivity contribution in [2.24, 2.45) is 5.92 Å². The van der Waals surface area contributed by atoms with Crippen LogP contribution in [-0.4, -0.2) is 23.5 Å². The maximum Gasteiger partial charge on any atom is 0.126 e. The lowest BCUT2D eigenvalue weighted by molar-refractivity contribution is 0.311. The molecule has 4 atom stereocenters. The Balaban J connectivity index is 1.92. The molecule has 0 spiro atoms. The van der Waals surface area contributed by atoms with Crippen LogP contribution in [0.25, 0.3) is 0 Å². The van der Waals surface area contributed by atoms with Crippen LogP contribution < -0.4 is 0 Å². The largest absolute Gasteiger partial charge is 0.287 e. The number of rotatable bonds is 1. The molecule has 0 aromatic heterocycles. The number of benzene rings is 1.